The van der Waals surface area contributed by atoms with E-state index in [1.807, 2.05) is 0 Å². The normalized spacial score (nSPS) is 20.5. The Labute approximate surface area is 126 Å². The standard InChI is InChI=1S/C19H22N2/c20-21-19(12-17-11-15-4-1-2-7-18(15)17)16-9-8-13-5-3-6-14(13)10-16/h1-2,4,7-10,17,19,21H,3,5-6,11-12,20H2. The second kappa shape index (κ2) is 5.28. The highest BCUT2D eigenvalue weighted by atomic mass is 15.2. The van der Waals surface area contributed by atoms with E-state index >= 15 is 0 Å². The van der Waals surface area contributed by atoms with Crippen LogP contribution in [0.4, 0.5) is 0 Å². The van der Waals surface area contributed by atoms with Crippen molar-refractivity contribution in [3.63, 3.8) is 0 Å². The number of hydrazine groups is 1. The highest BCUT2D eigenvalue weighted by Gasteiger charge is 2.28. The highest BCUT2D eigenvalue weighted by molar-refractivity contribution is 5.41. The maximum absolute atomic E-state index is 5.85. The van der Waals surface area contributed by atoms with Crippen LogP contribution < -0.4 is 11.3 Å². The lowest BCUT2D eigenvalue weighted by Gasteiger charge is -2.33. The van der Waals surface area contributed by atoms with Crippen LogP contribution in [0.2, 0.25) is 0 Å². The minimum atomic E-state index is 0.259. The van der Waals surface area contributed by atoms with Crippen molar-refractivity contribution in [1.82, 2.24) is 5.43 Å². The molecule has 2 heteroatoms. The number of rotatable bonds is 4. The first-order chi connectivity index (χ1) is 10.3. The molecule has 2 aliphatic rings. The molecule has 0 saturated carbocycles. The fourth-order valence-electron chi connectivity index (χ4n) is 3.97. The van der Waals surface area contributed by atoms with E-state index in [1.165, 1.54) is 53.5 Å². The second-order valence-electron chi connectivity index (χ2n) is 6.44. The van der Waals surface area contributed by atoms with E-state index in [2.05, 4.69) is 47.9 Å². The summed E-state index contributed by atoms with van der Waals surface area (Å²) in [5.74, 6) is 6.50. The van der Waals surface area contributed by atoms with Gasteiger partial charge in [-0.05, 0) is 65.8 Å². The number of nitrogens with one attached hydrogen (secondary N) is 1. The first-order valence-corrected chi connectivity index (χ1v) is 8.01. The lowest BCUT2D eigenvalue weighted by molar-refractivity contribution is 0.435. The van der Waals surface area contributed by atoms with Crippen molar-refractivity contribution in [2.24, 2.45) is 5.84 Å². The Morgan fingerprint density at radius 2 is 1.90 bits per heavy atom. The van der Waals surface area contributed by atoms with Crippen LogP contribution in [0.5, 0.6) is 0 Å². The van der Waals surface area contributed by atoms with Gasteiger partial charge in [-0.15, -0.1) is 0 Å². The summed E-state index contributed by atoms with van der Waals surface area (Å²) in [4.78, 5) is 0. The third-order valence-corrected chi connectivity index (χ3v) is 5.21. The summed E-state index contributed by atoms with van der Waals surface area (Å²) in [5.41, 5.74) is 10.5. The van der Waals surface area contributed by atoms with Crippen LogP contribution in [0, 0.1) is 0 Å². The lowest BCUT2D eigenvalue weighted by Crippen LogP contribution is -2.31. The Morgan fingerprint density at radius 3 is 2.76 bits per heavy atom. The predicted octanol–water partition coefficient (Wildman–Crippen LogP) is 3.41. The maximum Gasteiger partial charge on any atom is 0.0466 e. The van der Waals surface area contributed by atoms with Crippen molar-refractivity contribution in [2.45, 2.75) is 44.1 Å². The van der Waals surface area contributed by atoms with E-state index < -0.39 is 0 Å². The van der Waals surface area contributed by atoms with Crippen LogP contribution >= 0.6 is 0 Å². The molecule has 0 spiro atoms. The van der Waals surface area contributed by atoms with Crippen molar-refractivity contribution < 1.29 is 0 Å². The van der Waals surface area contributed by atoms with Gasteiger partial charge in [0.1, 0.15) is 0 Å². The van der Waals surface area contributed by atoms with Crippen LogP contribution in [-0.4, -0.2) is 0 Å². The SMILES string of the molecule is NNC(CC1Cc2ccccc21)c1ccc2c(c1)CCC2. The molecule has 0 radical (unpaired) electrons. The quantitative estimate of drug-likeness (QED) is 0.664. The number of aryl methyl sites for hydroxylation is 2. The zero-order chi connectivity index (χ0) is 14.2. The first-order valence-electron chi connectivity index (χ1n) is 8.01. The molecule has 21 heavy (non-hydrogen) atoms. The van der Waals surface area contributed by atoms with Crippen LogP contribution in [0.25, 0.3) is 0 Å². The van der Waals surface area contributed by atoms with Crippen LogP contribution in [0.1, 0.15) is 52.6 Å². The van der Waals surface area contributed by atoms with E-state index in [0.29, 0.717) is 5.92 Å². The summed E-state index contributed by atoms with van der Waals surface area (Å²) in [6, 6.07) is 16.0. The van der Waals surface area contributed by atoms with Crippen molar-refractivity contribution in [3.05, 3.63) is 70.3 Å². The number of hydrogen-bond donors (Lipinski definition) is 2. The van der Waals surface area contributed by atoms with Gasteiger partial charge in [-0.2, -0.15) is 0 Å². The summed E-state index contributed by atoms with van der Waals surface area (Å²) < 4.78 is 0. The third-order valence-electron chi connectivity index (χ3n) is 5.21. The Kier molecular flexibility index (Phi) is 3.28. The topological polar surface area (TPSA) is 38.0 Å². The van der Waals surface area contributed by atoms with Gasteiger partial charge < -0.3 is 0 Å². The molecule has 108 valence electrons. The molecule has 0 bridgehead atoms. The molecular formula is C19H22N2. The van der Waals surface area contributed by atoms with Gasteiger partial charge in [0.15, 0.2) is 0 Å². The Morgan fingerprint density at radius 1 is 1.05 bits per heavy atom. The fourth-order valence-corrected chi connectivity index (χ4v) is 3.97. The van der Waals surface area contributed by atoms with Gasteiger partial charge in [-0.1, -0.05) is 42.5 Å². The number of fused-ring (bicyclic) bond motifs is 2. The summed E-state index contributed by atoms with van der Waals surface area (Å²) in [7, 11) is 0. The molecule has 0 aromatic heterocycles. The van der Waals surface area contributed by atoms with E-state index in [0.717, 1.165) is 6.42 Å². The average Bonchev–Trinajstić information content (AvgIpc) is 2.96. The number of benzene rings is 2. The monoisotopic (exact) mass is 278 g/mol. The molecule has 0 saturated heterocycles. The second-order valence-corrected chi connectivity index (χ2v) is 6.44. The van der Waals surface area contributed by atoms with E-state index in [-0.39, 0.29) is 6.04 Å². The van der Waals surface area contributed by atoms with Gasteiger partial charge >= 0.3 is 0 Å². The van der Waals surface area contributed by atoms with Crippen LogP contribution in [0.15, 0.2) is 42.5 Å². The molecule has 0 fully saturated rings. The van der Waals surface area contributed by atoms with Crippen molar-refractivity contribution >= 4 is 0 Å². The predicted molar refractivity (Wildman–Crippen MR) is 86.0 cm³/mol. The largest absolute Gasteiger partial charge is 0.271 e. The van der Waals surface area contributed by atoms with Crippen LogP contribution in [0.3, 0.4) is 0 Å². The summed E-state index contributed by atoms with van der Waals surface area (Å²) in [5, 5.41) is 0. The Bertz CT molecular complexity index is 662. The number of hydrogen-bond acceptors (Lipinski definition) is 2. The Hall–Kier alpha value is -1.64. The molecular weight excluding hydrogens is 256 g/mol. The molecule has 3 N–H and O–H groups in total. The van der Waals surface area contributed by atoms with Gasteiger partial charge in [-0.25, -0.2) is 0 Å². The van der Waals surface area contributed by atoms with Gasteiger partial charge in [0.05, 0.1) is 0 Å². The molecule has 2 atom stereocenters. The lowest BCUT2D eigenvalue weighted by atomic mass is 9.74. The van der Waals surface area contributed by atoms with Gasteiger partial charge in [-0.3, -0.25) is 11.3 Å². The molecule has 2 aromatic carbocycles. The third kappa shape index (κ3) is 2.29. The van der Waals surface area contributed by atoms with Crippen molar-refractivity contribution in [1.29, 1.82) is 0 Å². The zero-order valence-corrected chi connectivity index (χ0v) is 12.3. The first kappa shape index (κ1) is 13.1. The molecule has 0 heterocycles. The smallest absolute Gasteiger partial charge is 0.0466 e. The molecule has 0 amide bonds. The van der Waals surface area contributed by atoms with E-state index in [1.54, 1.807) is 0 Å². The highest BCUT2D eigenvalue weighted by Crippen LogP contribution is 2.40. The summed E-state index contributed by atoms with van der Waals surface area (Å²) in [6.07, 6.45) is 6.06. The zero-order valence-electron chi connectivity index (χ0n) is 12.3. The minimum Gasteiger partial charge on any atom is -0.271 e. The van der Waals surface area contributed by atoms with E-state index in [4.69, 9.17) is 5.84 Å². The van der Waals surface area contributed by atoms with Crippen molar-refractivity contribution in [2.75, 3.05) is 0 Å². The maximum atomic E-state index is 5.85. The average molecular weight is 278 g/mol. The molecule has 2 nitrogen and oxygen atoms in total. The summed E-state index contributed by atoms with van der Waals surface area (Å²) >= 11 is 0. The molecule has 2 aromatic rings. The molecule has 2 aliphatic carbocycles. The van der Waals surface area contributed by atoms with Gasteiger partial charge in [0.25, 0.3) is 0 Å². The minimum absolute atomic E-state index is 0.259. The number of nitrogens with two attached hydrogens (primary N) is 1. The van der Waals surface area contributed by atoms with Crippen LogP contribution in [-0.2, 0) is 19.3 Å². The van der Waals surface area contributed by atoms with Gasteiger partial charge in [0.2, 0.25) is 0 Å². The van der Waals surface area contributed by atoms with Gasteiger partial charge in [0, 0.05) is 6.04 Å². The molecule has 0 aliphatic heterocycles. The van der Waals surface area contributed by atoms with Crippen molar-refractivity contribution in [3.8, 4) is 0 Å². The van der Waals surface area contributed by atoms with E-state index in [9.17, 15) is 0 Å². The fraction of sp³-hybridized carbons (Fsp3) is 0.368. The molecule has 2 unspecified atom stereocenters. The Balaban J connectivity index is 1.53. The summed E-state index contributed by atoms with van der Waals surface area (Å²) in [6.45, 7) is 0. The molecule has 4 rings (SSSR count).